The zero-order valence-corrected chi connectivity index (χ0v) is 19.2. The standard InChI is InChI=1S/C24H24N6O4/c1-32-20-10-8-18(16-17(20)7-9-19-6-4-5-11-25-19)21(31)29-12-14-30(15-13-29)22-26-23(33-2)28-24(27-22)34-3/h4-6,8,10-11,16H,12-15H2,1-3H3. The fourth-order valence-electron chi connectivity index (χ4n) is 3.45. The van der Waals surface area contributed by atoms with Crippen molar-refractivity contribution in [3.8, 4) is 29.6 Å². The molecule has 0 aliphatic carbocycles. The Kier molecular flexibility index (Phi) is 7.03. The van der Waals surface area contributed by atoms with E-state index in [1.807, 2.05) is 23.1 Å². The molecule has 2 aromatic heterocycles. The second-order valence-corrected chi connectivity index (χ2v) is 7.27. The summed E-state index contributed by atoms with van der Waals surface area (Å²) < 4.78 is 15.7. The maximum absolute atomic E-state index is 13.2. The van der Waals surface area contributed by atoms with Gasteiger partial charge in [0.05, 0.1) is 26.9 Å². The van der Waals surface area contributed by atoms with Crippen molar-refractivity contribution in [2.45, 2.75) is 0 Å². The summed E-state index contributed by atoms with van der Waals surface area (Å²) in [4.78, 5) is 33.8. The molecule has 1 aliphatic heterocycles. The summed E-state index contributed by atoms with van der Waals surface area (Å²) in [5.41, 5.74) is 1.81. The van der Waals surface area contributed by atoms with Gasteiger partial charge in [0.1, 0.15) is 11.4 Å². The normalized spacial score (nSPS) is 13.0. The molecule has 0 radical (unpaired) electrons. The van der Waals surface area contributed by atoms with Gasteiger partial charge in [-0.15, -0.1) is 4.98 Å². The number of nitrogens with zero attached hydrogens (tertiary/aromatic N) is 6. The molecule has 0 bridgehead atoms. The van der Waals surface area contributed by atoms with E-state index < -0.39 is 0 Å². The Morgan fingerprint density at radius 3 is 2.24 bits per heavy atom. The van der Waals surface area contributed by atoms with Crippen LogP contribution in [-0.4, -0.2) is 78.3 Å². The summed E-state index contributed by atoms with van der Waals surface area (Å²) in [6.45, 7) is 2.14. The second-order valence-electron chi connectivity index (χ2n) is 7.27. The fraction of sp³-hybridized carbons (Fsp3) is 0.292. The molecule has 3 heterocycles. The third kappa shape index (κ3) is 5.15. The van der Waals surface area contributed by atoms with E-state index in [1.54, 1.807) is 36.4 Å². The van der Waals surface area contributed by atoms with E-state index in [1.165, 1.54) is 14.2 Å². The molecule has 10 nitrogen and oxygen atoms in total. The highest BCUT2D eigenvalue weighted by atomic mass is 16.5. The van der Waals surface area contributed by atoms with Crippen molar-refractivity contribution in [2.24, 2.45) is 0 Å². The van der Waals surface area contributed by atoms with Crippen LogP contribution >= 0.6 is 0 Å². The lowest BCUT2D eigenvalue weighted by Gasteiger charge is -2.34. The van der Waals surface area contributed by atoms with Crippen molar-refractivity contribution >= 4 is 11.9 Å². The lowest BCUT2D eigenvalue weighted by molar-refractivity contribution is 0.0746. The number of carbonyl (C=O) groups excluding carboxylic acids is 1. The quantitative estimate of drug-likeness (QED) is 0.526. The first kappa shape index (κ1) is 22.8. The van der Waals surface area contributed by atoms with Crippen LogP contribution in [-0.2, 0) is 0 Å². The number of anilines is 1. The van der Waals surface area contributed by atoms with E-state index in [0.29, 0.717) is 54.7 Å². The number of piperazine rings is 1. The van der Waals surface area contributed by atoms with E-state index in [9.17, 15) is 4.79 Å². The summed E-state index contributed by atoms with van der Waals surface area (Å²) in [6.07, 6.45) is 1.68. The van der Waals surface area contributed by atoms with Gasteiger partial charge in [-0.2, -0.15) is 9.97 Å². The molecule has 0 atom stereocenters. The molecule has 1 aromatic carbocycles. The lowest BCUT2D eigenvalue weighted by Crippen LogP contribution is -2.49. The van der Waals surface area contributed by atoms with Gasteiger partial charge in [0.25, 0.3) is 5.91 Å². The van der Waals surface area contributed by atoms with E-state index in [4.69, 9.17) is 14.2 Å². The zero-order valence-electron chi connectivity index (χ0n) is 19.2. The largest absolute Gasteiger partial charge is 0.495 e. The molecule has 34 heavy (non-hydrogen) atoms. The van der Waals surface area contributed by atoms with Gasteiger partial charge in [-0.05, 0) is 36.3 Å². The van der Waals surface area contributed by atoms with Crippen LogP contribution in [0.4, 0.5) is 5.95 Å². The third-order valence-corrected chi connectivity index (χ3v) is 5.23. The van der Waals surface area contributed by atoms with Gasteiger partial charge >= 0.3 is 12.0 Å². The third-order valence-electron chi connectivity index (χ3n) is 5.23. The van der Waals surface area contributed by atoms with Crippen molar-refractivity contribution in [2.75, 3.05) is 52.4 Å². The van der Waals surface area contributed by atoms with Gasteiger partial charge < -0.3 is 24.0 Å². The van der Waals surface area contributed by atoms with Crippen LogP contribution in [0.1, 0.15) is 21.6 Å². The van der Waals surface area contributed by atoms with Gasteiger partial charge in [-0.1, -0.05) is 12.0 Å². The lowest BCUT2D eigenvalue weighted by atomic mass is 10.1. The monoisotopic (exact) mass is 460 g/mol. The molecule has 3 aromatic rings. The van der Waals surface area contributed by atoms with Crippen LogP contribution < -0.4 is 19.1 Å². The van der Waals surface area contributed by atoms with Crippen LogP contribution in [0.15, 0.2) is 42.6 Å². The zero-order chi connectivity index (χ0) is 23.9. The fourth-order valence-corrected chi connectivity index (χ4v) is 3.45. The maximum Gasteiger partial charge on any atom is 0.324 e. The Morgan fingerprint density at radius 2 is 1.62 bits per heavy atom. The number of hydrogen-bond donors (Lipinski definition) is 0. The van der Waals surface area contributed by atoms with Crippen LogP contribution in [0.25, 0.3) is 0 Å². The maximum atomic E-state index is 13.2. The first-order valence-corrected chi connectivity index (χ1v) is 10.6. The second kappa shape index (κ2) is 10.5. The van der Waals surface area contributed by atoms with E-state index in [2.05, 4.69) is 31.8 Å². The summed E-state index contributed by atoms with van der Waals surface area (Å²) in [5, 5.41) is 0. The molecule has 4 rings (SSSR count). The molecule has 0 saturated carbocycles. The topological polar surface area (TPSA) is 103 Å². The van der Waals surface area contributed by atoms with Gasteiger partial charge in [-0.3, -0.25) is 4.79 Å². The molecule has 174 valence electrons. The molecule has 1 amide bonds. The minimum Gasteiger partial charge on any atom is -0.495 e. The Labute approximate surface area is 197 Å². The highest BCUT2D eigenvalue weighted by Gasteiger charge is 2.25. The number of pyridine rings is 1. The molecule has 1 fully saturated rings. The number of carbonyl (C=O) groups is 1. The van der Waals surface area contributed by atoms with Gasteiger partial charge in [0.2, 0.25) is 5.95 Å². The molecule has 0 spiro atoms. The number of rotatable bonds is 5. The average molecular weight is 460 g/mol. The Balaban J connectivity index is 1.48. The van der Waals surface area contributed by atoms with Crippen molar-refractivity contribution in [1.29, 1.82) is 0 Å². The van der Waals surface area contributed by atoms with Crippen molar-refractivity contribution < 1.29 is 19.0 Å². The average Bonchev–Trinajstić information content (AvgIpc) is 2.91. The van der Waals surface area contributed by atoms with Crippen molar-refractivity contribution in [3.63, 3.8) is 0 Å². The van der Waals surface area contributed by atoms with Crippen LogP contribution in [0, 0.1) is 11.8 Å². The molecule has 0 N–H and O–H groups in total. The van der Waals surface area contributed by atoms with Gasteiger partial charge in [-0.25, -0.2) is 4.98 Å². The first-order chi connectivity index (χ1) is 16.6. The van der Waals surface area contributed by atoms with E-state index in [0.717, 1.165) is 0 Å². The predicted molar refractivity (Wildman–Crippen MR) is 124 cm³/mol. The first-order valence-electron chi connectivity index (χ1n) is 10.6. The summed E-state index contributed by atoms with van der Waals surface area (Å²) in [5.74, 6) is 7.05. The minimum absolute atomic E-state index is 0.0750. The van der Waals surface area contributed by atoms with Gasteiger partial charge in [0, 0.05) is 37.9 Å². The summed E-state index contributed by atoms with van der Waals surface area (Å²) in [7, 11) is 4.55. The van der Waals surface area contributed by atoms with Gasteiger partial charge in [0.15, 0.2) is 0 Å². The van der Waals surface area contributed by atoms with Crippen LogP contribution in [0.3, 0.4) is 0 Å². The summed E-state index contributed by atoms with van der Waals surface area (Å²) in [6, 6.07) is 11.2. The number of amides is 1. The molecule has 1 aliphatic rings. The highest BCUT2D eigenvalue weighted by molar-refractivity contribution is 5.95. The highest BCUT2D eigenvalue weighted by Crippen LogP contribution is 2.22. The van der Waals surface area contributed by atoms with Crippen molar-refractivity contribution in [3.05, 3.63) is 59.4 Å². The minimum atomic E-state index is -0.0750. The smallest absolute Gasteiger partial charge is 0.324 e. The Bertz CT molecular complexity index is 1190. The summed E-state index contributed by atoms with van der Waals surface area (Å²) >= 11 is 0. The molecule has 10 heteroatoms. The molecule has 1 saturated heterocycles. The van der Waals surface area contributed by atoms with E-state index in [-0.39, 0.29) is 17.9 Å². The van der Waals surface area contributed by atoms with E-state index >= 15 is 0 Å². The SMILES string of the molecule is COc1nc(OC)nc(N2CCN(C(=O)c3ccc(OC)c(C#Cc4ccccn4)c3)CC2)n1. The number of aromatic nitrogens is 4. The van der Waals surface area contributed by atoms with Crippen molar-refractivity contribution in [1.82, 2.24) is 24.8 Å². The number of methoxy groups -OCH3 is 3. The molecular weight excluding hydrogens is 436 g/mol. The van der Waals surface area contributed by atoms with Crippen LogP contribution in [0.2, 0.25) is 0 Å². The number of hydrogen-bond acceptors (Lipinski definition) is 9. The predicted octanol–water partition coefficient (Wildman–Crippen LogP) is 1.65. The Hall–Kier alpha value is -4.39. The van der Waals surface area contributed by atoms with Crippen LogP contribution in [0.5, 0.6) is 17.8 Å². The molecule has 0 unspecified atom stereocenters. The molecular formula is C24H24N6O4. The number of ether oxygens (including phenoxy) is 3. The Morgan fingerprint density at radius 1 is 0.882 bits per heavy atom. The number of benzene rings is 1.